The van der Waals surface area contributed by atoms with E-state index in [9.17, 15) is 4.79 Å². The highest BCUT2D eigenvalue weighted by Gasteiger charge is 2.05. The van der Waals surface area contributed by atoms with Crippen LogP contribution in [0.1, 0.15) is 28.4 Å². The number of aldehydes is 1. The number of rotatable bonds is 6. The number of hydrogen-bond acceptors (Lipinski definition) is 3. The van der Waals surface area contributed by atoms with Gasteiger partial charge in [0.1, 0.15) is 24.4 Å². The first-order chi connectivity index (χ1) is 9.76. The maximum atomic E-state index is 10.8. The Bertz CT molecular complexity index is 591. The van der Waals surface area contributed by atoms with Crippen LogP contribution < -0.4 is 9.47 Å². The molecule has 0 N–H and O–H groups in total. The van der Waals surface area contributed by atoms with Crippen molar-refractivity contribution in [3.8, 4) is 11.5 Å². The van der Waals surface area contributed by atoms with Crippen LogP contribution >= 0.6 is 0 Å². The summed E-state index contributed by atoms with van der Waals surface area (Å²) in [6.07, 6.45) is 1.79. The number of methoxy groups -OCH3 is 1. The minimum Gasteiger partial charge on any atom is -0.496 e. The molecule has 2 rings (SSSR count). The Balaban J connectivity index is 2.14. The van der Waals surface area contributed by atoms with Crippen molar-refractivity contribution >= 4 is 6.29 Å². The first-order valence-electron chi connectivity index (χ1n) is 6.60. The van der Waals surface area contributed by atoms with Gasteiger partial charge in [-0.3, -0.25) is 4.79 Å². The average molecular weight is 270 g/mol. The van der Waals surface area contributed by atoms with E-state index in [1.807, 2.05) is 18.2 Å². The topological polar surface area (TPSA) is 35.5 Å². The standard InChI is InChI=1S/C17H18O3/c1-3-13-5-4-6-16(10-13)20-12-15-9-14(11-18)7-8-17(15)19-2/h4-11H,3,12H2,1-2H3. The molecule has 0 aromatic heterocycles. The lowest BCUT2D eigenvalue weighted by Gasteiger charge is -2.11. The van der Waals surface area contributed by atoms with Gasteiger partial charge in [-0.15, -0.1) is 0 Å². The van der Waals surface area contributed by atoms with Crippen molar-refractivity contribution in [2.45, 2.75) is 20.0 Å². The quantitative estimate of drug-likeness (QED) is 0.752. The van der Waals surface area contributed by atoms with Gasteiger partial charge in [-0.05, 0) is 42.3 Å². The molecular weight excluding hydrogens is 252 g/mol. The van der Waals surface area contributed by atoms with Crippen LogP contribution in [0.5, 0.6) is 11.5 Å². The highest BCUT2D eigenvalue weighted by atomic mass is 16.5. The van der Waals surface area contributed by atoms with Crippen molar-refractivity contribution in [2.24, 2.45) is 0 Å². The third-order valence-electron chi connectivity index (χ3n) is 3.14. The summed E-state index contributed by atoms with van der Waals surface area (Å²) < 4.78 is 11.1. The van der Waals surface area contributed by atoms with E-state index in [2.05, 4.69) is 13.0 Å². The predicted molar refractivity (Wildman–Crippen MR) is 78.5 cm³/mol. The Hall–Kier alpha value is -2.29. The minimum absolute atomic E-state index is 0.373. The molecular formula is C17H18O3. The molecule has 0 fully saturated rings. The first-order valence-corrected chi connectivity index (χ1v) is 6.60. The fraction of sp³-hybridized carbons (Fsp3) is 0.235. The number of carbonyl (C=O) groups excluding carboxylic acids is 1. The summed E-state index contributed by atoms with van der Waals surface area (Å²) in [6.45, 7) is 2.48. The second-order valence-corrected chi connectivity index (χ2v) is 4.48. The summed E-state index contributed by atoms with van der Waals surface area (Å²) in [4.78, 5) is 10.8. The maximum Gasteiger partial charge on any atom is 0.150 e. The molecule has 0 saturated carbocycles. The van der Waals surface area contributed by atoms with Gasteiger partial charge in [0.25, 0.3) is 0 Å². The Morgan fingerprint density at radius 1 is 1.15 bits per heavy atom. The molecule has 0 heterocycles. The molecule has 0 saturated heterocycles. The second kappa shape index (κ2) is 6.75. The minimum atomic E-state index is 0.373. The second-order valence-electron chi connectivity index (χ2n) is 4.48. The van der Waals surface area contributed by atoms with E-state index in [1.54, 1.807) is 25.3 Å². The Morgan fingerprint density at radius 2 is 2.00 bits per heavy atom. The number of aryl methyl sites for hydroxylation is 1. The fourth-order valence-electron chi connectivity index (χ4n) is 2.00. The Morgan fingerprint density at radius 3 is 2.70 bits per heavy atom. The van der Waals surface area contributed by atoms with Crippen molar-refractivity contribution in [1.82, 2.24) is 0 Å². The number of hydrogen-bond donors (Lipinski definition) is 0. The normalized spacial score (nSPS) is 10.1. The van der Waals surface area contributed by atoms with Crippen molar-refractivity contribution in [3.05, 3.63) is 59.2 Å². The Labute approximate surface area is 119 Å². The van der Waals surface area contributed by atoms with E-state index in [1.165, 1.54) is 5.56 Å². The molecule has 20 heavy (non-hydrogen) atoms. The van der Waals surface area contributed by atoms with Crippen LogP contribution in [-0.2, 0) is 13.0 Å². The number of benzene rings is 2. The van der Waals surface area contributed by atoms with Crippen LogP contribution in [0, 0.1) is 0 Å². The van der Waals surface area contributed by atoms with Crippen LogP contribution in [0.15, 0.2) is 42.5 Å². The third-order valence-corrected chi connectivity index (χ3v) is 3.14. The number of carbonyl (C=O) groups is 1. The number of ether oxygens (including phenoxy) is 2. The van der Waals surface area contributed by atoms with E-state index in [0.29, 0.717) is 12.2 Å². The zero-order chi connectivity index (χ0) is 14.4. The molecule has 2 aromatic carbocycles. The summed E-state index contributed by atoms with van der Waals surface area (Å²) in [5, 5.41) is 0. The SMILES string of the molecule is CCc1cccc(OCc2cc(C=O)ccc2OC)c1. The third kappa shape index (κ3) is 3.38. The van der Waals surface area contributed by atoms with Crippen LogP contribution in [0.4, 0.5) is 0 Å². The molecule has 0 spiro atoms. The summed E-state index contributed by atoms with van der Waals surface area (Å²) in [7, 11) is 1.61. The van der Waals surface area contributed by atoms with Crippen LogP contribution in [-0.4, -0.2) is 13.4 Å². The summed E-state index contributed by atoms with van der Waals surface area (Å²) in [5.74, 6) is 1.55. The fourth-order valence-corrected chi connectivity index (χ4v) is 2.00. The van der Waals surface area contributed by atoms with E-state index in [0.717, 1.165) is 29.8 Å². The van der Waals surface area contributed by atoms with Gasteiger partial charge in [-0.1, -0.05) is 19.1 Å². The van der Waals surface area contributed by atoms with Gasteiger partial charge in [-0.25, -0.2) is 0 Å². The van der Waals surface area contributed by atoms with Crippen molar-refractivity contribution in [1.29, 1.82) is 0 Å². The van der Waals surface area contributed by atoms with E-state index in [4.69, 9.17) is 9.47 Å². The lowest BCUT2D eigenvalue weighted by Crippen LogP contribution is -2.00. The molecule has 3 heteroatoms. The molecule has 104 valence electrons. The molecule has 0 aliphatic heterocycles. The van der Waals surface area contributed by atoms with Gasteiger partial charge in [0.2, 0.25) is 0 Å². The molecule has 0 bridgehead atoms. The Kier molecular flexibility index (Phi) is 4.77. The van der Waals surface area contributed by atoms with Gasteiger partial charge in [0.15, 0.2) is 0 Å². The molecule has 2 aromatic rings. The smallest absolute Gasteiger partial charge is 0.150 e. The zero-order valence-electron chi connectivity index (χ0n) is 11.8. The largest absolute Gasteiger partial charge is 0.496 e. The van der Waals surface area contributed by atoms with Crippen molar-refractivity contribution < 1.29 is 14.3 Å². The van der Waals surface area contributed by atoms with Gasteiger partial charge in [0.05, 0.1) is 7.11 Å². The molecule has 0 unspecified atom stereocenters. The first kappa shape index (κ1) is 14.1. The highest BCUT2D eigenvalue weighted by molar-refractivity contribution is 5.75. The van der Waals surface area contributed by atoms with E-state index < -0.39 is 0 Å². The lowest BCUT2D eigenvalue weighted by molar-refractivity contribution is 0.112. The maximum absolute atomic E-state index is 10.8. The predicted octanol–water partition coefficient (Wildman–Crippen LogP) is 3.65. The van der Waals surface area contributed by atoms with Gasteiger partial charge in [0, 0.05) is 11.1 Å². The molecule has 0 aliphatic carbocycles. The zero-order valence-corrected chi connectivity index (χ0v) is 11.8. The van der Waals surface area contributed by atoms with Crippen molar-refractivity contribution in [2.75, 3.05) is 7.11 Å². The summed E-state index contributed by atoms with van der Waals surface area (Å²) in [6, 6.07) is 13.3. The summed E-state index contributed by atoms with van der Waals surface area (Å²) in [5.41, 5.74) is 2.71. The van der Waals surface area contributed by atoms with Gasteiger partial charge < -0.3 is 9.47 Å². The van der Waals surface area contributed by atoms with Crippen molar-refractivity contribution in [3.63, 3.8) is 0 Å². The van der Waals surface area contributed by atoms with Crippen LogP contribution in [0.2, 0.25) is 0 Å². The van der Waals surface area contributed by atoms with Crippen LogP contribution in [0.25, 0.3) is 0 Å². The lowest BCUT2D eigenvalue weighted by atomic mass is 10.1. The van der Waals surface area contributed by atoms with E-state index in [-0.39, 0.29) is 0 Å². The molecule has 0 radical (unpaired) electrons. The highest BCUT2D eigenvalue weighted by Crippen LogP contribution is 2.22. The van der Waals surface area contributed by atoms with Gasteiger partial charge >= 0.3 is 0 Å². The summed E-state index contributed by atoms with van der Waals surface area (Å²) >= 11 is 0. The van der Waals surface area contributed by atoms with E-state index >= 15 is 0 Å². The average Bonchev–Trinajstić information content (AvgIpc) is 2.52. The molecule has 0 atom stereocenters. The molecule has 3 nitrogen and oxygen atoms in total. The molecule has 0 amide bonds. The van der Waals surface area contributed by atoms with Gasteiger partial charge in [-0.2, -0.15) is 0 Å². The van der Waals surface area contributed by atoms with Crippen LogP contribution in [0.3, 0.4) is 0 Å². The molecule has 0 aliphatic rings. The monoisotopic (exact) mass is 270 g/mol.